The number of rotatable bonds is 16. The molecule has 5 N–H and O–H groups in total. The van der Waals surface area contributed by atoms with E-state index >= 15 is 0 Å². The van der Waals surface area contributed by atoms with Gasteiger partial charge in [0, 0.05) is 25.7 Å². The number of benzene rings is 2. The second-order valence-corrected chi connectivity index (χ2v) is 11.0. The topological polar surface area (TPSA) is 141 Å². The molecule has 0 radical (unpaired) electrons. The van der Waals surface area contributed by atoms with Gasteiger partial charge in [-0.15, -0.1) is 0 Å². The maximum atomic E-state index is 13.2. The summed E-state index contributed by atoms with van der Waals surface area (Å²) >= 11 is 0. The van der Waals surface area contributed by atoms with Crippen LogP contribution in [0.3, 0.4) is 0 Å². The van der Waals surface area contributed by atoms with Gasteiger partial charge in [0.2, 0.25) is 5.91 Å². The van der Waals surface area contributed by atoms with E-state index in [1.165, 1.54) is 19.8 Å². The van der Waals surface area contributed by atoms with Crippen LogP contribution in [0.5, 0.6) is 11.5 Å². The van der Waals surface area contributed by atoms with Crippen LogP contribution in [0.15, 0.2) is 42.5 Å². The highest BCUT2D eigenvalue weighted by Crippen LogP contribution is 2.22. The van der Waals surface area contributed by atoms with Crippen molar-refractivity contribution in [3.05, 3.63) is 59.2 Å². The molecule has 0 aliphatic rings. The predicted octanol–water partition coefficient (Wildman–Crippen LogP) is 2.55. The van der Waals surface area contributed by atoms with E-state index in [-0.39, 0.29) is 12.5 Å². The number of nitrogens with zero attached hydrogens (tertiary/aromatic N) is 1. The lowest BCUT2D eigenvalue weighted by atomic mass is 10.0. The number of aliphatic hydroxyl groups is 1. The molecule has 0 fully saturated rings. The van der Waals surface area contributed by atoms with Gasteiger partial charge in [-0.2, -0.15) is 0 Å². The molecule has 232 valence electrons. The number of urea groups is 1. The van der Waals surface area contributed by atoms with E-state index in [0.29, 0.717) is 30.9 Å². The first-order chi connectivity index (χ1) is 19.9. The van der Waals surface area contributed by atoms with Gasteiger partial charge in [0.15, 0.2) is 6.10 Å². The molecular weight excluding hydrogens is 538 g/mol. The van der Waals surface area contributed by atoms with Crippen LogP contribution in [0.1, 0.15) is 50.3 Å². The number of methoxy groups -OCH3 is 2. The van der Waals surface area contributed by atoms with E-state index in [1.807, 2.05) is 52.2 Å². The van der Waals surface area contributed by atoms with E-state index < -0.39 is 36.0 Å². The Labute approximate surface area is 249 Å². The fourth-order valence-corrected chi connectivity index (χ4v) is 4.35. The molecule has 3 unspecified atom stereocenters. The van der Waals surface area contributed by atoms with Gasteiger partial charge < -0.3 is 40.7 Å². The number of hydrogen-bond acceptors (Lipinski definition) is 7. The van der Waals surface area contributed by atoms with Crippen LogP contribution in [0, 0.1) is 5.92 Å². The molecule has 42 heavy (non-hydrogen) atoms. The highest BCUT2D eigenvalue weighted by atomic mass is 16.5. The molecular formula is C31H47N5O6. The third kappa shape index (κ3) is 11.6. The number of amides is 4. The molecule has 0 aliphatic carbocycles. The van der Waals surface area contributed by atoms with Gasteiger partial charge in [-0.05, 0) is 61.7 Å². The van der Waals surface area contributed by atoms with Crippen LogP contribution in [0.2, 0.25) is 0 Å². The number of carbonyl (C=O) groups excluding carboxylic acids is 3. The Morgan fingerprint density at radius 3 is 1.93 bits per heavy atom. The minimum atomic E-state index is -1.49. The Balaban J connectivity index is 1.96. The molecule has 2 aromatic carbocycles. The summed E-state index contributed by atoms with van der Waals surface area (Å²) in [5.41, 5.74) is 2.83. The van der Waals surface area contributed by atoms with Crippen molar-refractivity contribution in [3.8, 4) is 11.5 Å². The third-order valence-corrected chi connectivity index (χ3v) is 6.60. The highest BCUT2D eigenvalue weighted by Gasteiger charge is 2.30. The quantitative estimate of drug-likeness (QED) is 0.204. The molecule has 11 heteroatoms. The van der Waals surface area contributed by atoms with Crippen molar-refractivity contribution in [2.75, 3.05) is 28.3 Å². The molecule has 0 spiro atoms. The van der Waals surface area contributed by atoms with Crippen molar-refractivity contribution >= 4 is 17.8 Å². The number of ether oxygens (including phenoxy) is 2. The Bertz CT molecular complexity index is 1130. The second kappa shape index (κ2) is 17.2. The Kier molecular flexibility index (Phi) is 14.1. The number of aliphatic hydroxyl groups excluding tert-OH is 1. The number of carbonyl (C=O) groups is 3. The number of hydrogen-bond donors (Lipinski definition) is 5. The number of nitrogens with one attached hydrogen (secondary N) is 4. The van der Waals surface area contributed by atoms with Crippen molar-refractivity contribution in [2.45, 2.75) is 71.4 Å². The molecule has 0 heterocycles. The van der Waals surface area contributed by atoms with Crippen LogP contribution >= 0.6 is 0 Å². The Hall–Kier alpha value is -3.83. The molecule has 0 saturated heterocycles. The van der Waals surface area contributed by atoms with Crippen molar-refractivity contribution in [2.24, 2.45) is 5.92 Å². The zero-order valence-electron chi connectivity index (χ0n) is 25.8. The zero-order valence-corrected chi connectivity index (χ0v) is 25.8. The summed E-state index contributed by atoms with van der Waals surface area (Å²) in [5.74, 6) is 0.153. The van der Waals surface area contributed by atoms with Crippen LogP contribution in [-0.4, -0.2) is 74.4 Å². The van der Waals surface area contributed by atoms with Crippen molar-refractivity contribution in [1.82, 2.24) is 26.2 Å². The molecule has 0 aliphatic heterocycles. The molecule has 0 bridgehead atoms. The summed E-state index contributed by atoms with van der Waals surface area (Å²) < 4.78 is 10.5. The molecule has 11 nitrogen and oxygen atoms in total. The van der Waals surface area contributed by atoms with Gasteiger partial charge in [0.05, 0.1) is 20.3 Å². The highest BCUT2D eigenvalue weighted by molar-refractivity contribution is 5.88. The summed E-state index contributed by atoms with van der Waals surface area (Å²) in [4.78, 5) is 40.7. The minimum Gasteiger partial charge on any atom is -0.497 e. The average Bonchev–Trinajstić information content (AvgIpc) is 2.96. The SMILES string of the molecule is CCC(NC(=O)C(CC(C)C)NC(=O)NCc1ccc(CN(C)C)cc1)C(O)C(=O)NCc1cc(OC)cc(OC)c1. The molecule has 4 amide bonds. The molecule has 3 atom stereocenters. The van der Waals surface area contributed by atoms with Gasteiger partial charge in [-0.1, -0.05) is 45.0 Å². The van der Waals surface area contributed by atoms with Crippen molar-refractivity contribution in [3.63, 3.8) is 0 Å². The molecule has 0 aromatic heterocycles. The van der Waals surface area contributed by atoms with Crippen molar-refractivity contribution < 1.29 is 29.0 Å². The lowest BCUT2D eigenvalue weighted by molar-refractivity contribution is -0.132. The summed E-state index contributed by atoms with van der Waals surface area (Å²) in [6.45, 7) is 6.91. The molecule has 2 aromatic rings. The van der Waals surface area contributed by atoms with E-state index in [2.05, 4.69) is 26.2 Å². The lowest BCUT2D eigenvalue weighted by Crippen LogP contribution is -2.56. The maximum absolute atomic E-state index is 13.2. The van der Waals surface area contributed by atoms with E-state index in [4.69, 9.17) is 9.47 Å². The fraction of sp³-hybridized carbons (Fsp3) is 0.516. The standard InChI is InChI=1S/C31H47N5O6/c1-8-26(28(37)30(39)32-18-23-14-24(41-6)16-25(15-23)42-7)34-29(38)27(13-20(2)3)35-31(40)33-17-21-9-11-22(12-10-21)19-36(4)5/h9-12,14-16,20,26-28,37H,8,13,17-19H2,1-7H3,(H,32,39)(H,34,38)(H2,33,35,40). The second-order valence-electron chi connectivity index (χ2n) is 11.0. The lowest BCUT2D eigenvalue weighted by Gasteiger charge is -2.26. The summed E-state index contributed by atoms with van der Waals surface area (Å²) in [6.07, 6.45) is -0.803. The Morgan fingerprint density at radius 1 is 0.833 bits per heavy atom. The predicted molar refractivity (Wildman–Crippen MR) is 162 cm³/mol. The summed E-state index contributed by atoms with van der Waals surface area (Å²) in [6, 6.07) is 11.0. The van der Waals surface area contributed by atoms with Gasteiger partial charge in [-0.3, -0.25) is 9.59 Å². The van der Waals surface area contributed by atoms with Gasteiger partial charge in [-0.25, -0.2) is 4.79 Å². The fourth-order valence-electron chi connectivity index (χ4n) is 4.35. The molecule has 0 saturated carbocycles. The normalized spacial score (nSPS) is 13.2. The van der Waals surface area contributed by atoms with E-state index in [9.17, 15) is 19.5 Å². The maximum Gasteiger partial charge on any atom is 0.315 e. The van der Waals surface area contributed by atoms with Gasteiger partial charge in [0.1, 0.15) is 17.5 Å². The van der Waals surface area contributed by atoms with Crippen LogP contribution < -0.4 is 30.7 Å². The summed E-state index contributed by atoms with van der Waals surface area (Å²) in [5, 5.41) is 21.7. The van der Waals surface area contributed by atoms with Crippen LogP contribution in [0.4, 0.5) is 4.79 Å². The van der Waals surface area contributed by atoms with Gasteiger partial charge >= 0.3 is 6.03 Å². The average molecular weight is 586 g/mol. The van der Waals surface area contributed by atoms with E-state index in [0.717, 1.165) is 17.7 Å². The Morgan fingerprint density at radius 2 is 1.40 bits per heavy atom. The van der Waals surface area contributed by atoms with Crippen LogP contribution in [0.25, 0.3) is 0 Å². The first-order valence-corrected chi connectivity index (χ1v) is 14.2. The first-order valence-electron chi connectivity index (χ1n) is 14.2. The minimum absolute atomic E-state index is 0.110. The summed E-state index contributed by atoms with van der Waals surface area (Å²) in [7, 11) is 7.07. The zero-order chi connectivity index (χ0) is 31.2. The third-order valence-electron chi connectivity index (χ3n) is 6.60. The van der Waals surface area contributed by atoms with E-state index in [1.54, 1.807) is 25.1 Å². The monoisotopic (exact) mass is 585 g/mol. The van der Waals surface area contributed by atoms with Crippen molar-refractivity contribution in [1.29, 1.82) is 0 Å². The largest absolute Gasteiger partial charge is 0.497 e. The molecule has 2 rings (SSSR count). The smallest absolute Gasteiger partial charge is 0.315 e. The first kappa shape index (κ1) is 34.4. The van der Waals surface area contributed by atoms with Gasteiger partial charge in [0.25, 0.3) is 5.91 Å². The van der Waals surface area contributed by atoms with Crippen LogP contribution in [-0.2, 0) is 29.2 Å².